The Morgan fingerprint density at radius 3 is 1.67 bits per heavy atom. The van der Waals surface area contributed by atoms with Crippen LogP contribution in [0.15, 0.2) is 23.0 Å². The fourth-order valence-electron chi connectivity index (χ4n) is 0.559. The van der Waals surface area contributed by atoms with Gasteiger partial charge >= 0.3 is 0 Å². The van der Waals surface area contributed by atoms with Crippen molar-refractivity contribution in [1.29, 1.82) is 0 Å². The van der Waals surface area contributed by atoms with Crippen LogP contribution in [-0.2, 0) is 9.59 Å². The molecule has 0 unspecified atom stereocenters. The predicted octanol–water partition coefficient (Wildman–Crippen LogP) is 1.21. The van der Waals surface area contributed by atoms with E-state index in [-0.39, 0.29) is 0 Å². The van der Waals surface area contributed by atoms with Gasteiger partial charge in [0.2, 0.25) is 0 Å². The van der Waals surface area contributed by atoms with E-state index in [0.29, 0.717) is 11.2 Å². The molecular weight excluding hydrogens is 136 g/mol. The molecule has 0 N–H and O–H groups in total. The van der Waals surface area contributed by atoms with Crippen LogP contribution in [0.2, 0.25) is 0 Å². The van der Waals surface area contributed by atoms with Crippen LogP contribution in [0.1, 0.15) is 0 Å². The second kappa shape index (κ2) is 2.19. The van der Waals surface area contributed by atoms with Crippen molar-refractivity contribution in [2.24, 2.45) is 0 Å². The van der Waals surface area contributed by atoms with Crippen LogP contribution < -0.4 is 0 Å². The third kappa shape index (κ3) is 0.954. The van der Waals surface area contributed by atoms with Gasteiger partial charge < -0.3 is 0 Å². The Balaban J connectivity index is 2.94. The van der Waals surface area contributed by atoms with Crippen molar-refractivity contribution in [2.75, 3.05) is 0 Å². The van der Waals surface area contributed by atoms with Gasteiger partial charge in [-0.25, -0.2) is 0 Å². The zero-order chi connectivity index (χ0) is 6.74. The van der Waals surface area contributed by atoms with Crippen LogP contribution >= 0.6 is 10.0 Å². The van der Waals surface area contributed by atoms with Gasteiger partial charge in [-0.1, -0.05) is 22.2 Å². The molecule has 1 aliphatic rings. The summed E-state index contributed by atoms with van der Waals surface area (Å²) >= 11 is 0. The molecule has 0 saturated carbocycles. The number of rotatable bonds is 2. The highest BCUT2D eigenvalue weighted by Crippen LogP contribution is 2.47. The first kappa shape index (κ1) is 6.29. The summed E-state index contributed by atoms with van der Waals surface area (Å²) in [7, 11) is -1.76. The van der Waals surface area contributed by atoms with Crippen LogP contribution in [0.3, 0.4) is 0 Å². The van der Waals surface area contributed by atoms with Crippen LogP contribution in [0, 0.1) is 0 Å². The molecule has 3 heteroatoms. The summed E-state index contributed by atoms with van der Waals surface area (Å²) in [6, 6.07) is 0. The molecule has 1 aliphatic heterocycles. The van der Waals surface area contributed by atoms with Crippen molar-refractivity contribution in [1.82, 2.24) is 0 Å². The Morgan fingerprint density at radius 2 is 1.44 bits per heavy atom. The summed E-state index contributed by atoms with van der Waals surface area (Å²) in [6.07, 6.45) is 3.44. The summed E-state index contributed by atoms with van der Waals surface area (Å²) in [4.78, 5) is 20.5. The average molecular weight is 142 g/mol. The first-order chi connectivity index (χ1) is 4.33. The number of carbonyl (C=O) groups is 2. The molecule has 0 spiro atoms. The highest BCUT2D eigenvalue weighted by Gasteiger charge is 2.16. The van der Waals surface area contributed by atoms with E-state index < -0.39 is 10.0 Å². The fourth-order valence-corrected chi connectivity index (χ4v) is 1.68. The van der Waals surface area contributed by atoms with Gasteiger partial charge in [-0.3, -0.25) is 9.59 Å². The summed E-state index contributed by atoms with van der Waals surface area (Å²) in [5.74, 6) is 0. The Labute approximate surface area is 54.6 Å². The lowest BCUT2D eigenvalue weighted by Gasteiger charge is -2.12. The molecule has 0 bridgehead atoms. The molecule has 2 nitrogen and oxygen atoms in total. The van der Waals surface area contributed by atoms with E-state index in [0.717, 1.165) is 0 Å². The van der Waals surface area contributed by atoms with E-state index in [9.17, 15) is 9.59 Å². The highest BCUT2D eigenvalue weighted by molar-refractivity contribution is 8.57. The van der Waals surface area contributed by atoms with Crippen molar-refractivity contribution in [3.8, 4) is 0 Å². The molecule has 48 valence electrons. The molecule has 1 heterocycles. The lowest BCUT2D eigenvalue weighted by Crippen LogP contribution is -1.90. The number of allylic oxidation sites excluding steroid dienone is 2. The summed E-state index contributed by atoms with van der Waals surface area (Å²) in [5.41, 5.74) is 1.42. The minimum Gasteiger partial charge on any atom is -0.291 e. The van der Waals surface area contributed by atoms with E-state index in [1.807, 2.05) is 0 Å². The van der Waals surface area contributed by atoms with E-state index in [4.69, 9.17) is 0 Å². The minimum atomic E-state index is -1.76. The van der Waals surface area contributed by atoms with Crippen molar-refractivity contribution < 1.29 is 9.59 Å². The van der Waals surface area contributed by atoms with Crippen molar-refractivity contribution in [3.63, 3.8) is 0 Å². The number of hydrogen-bond donors (Lipinski definition) is 0. The van der Waals surface area contributed by atoms with Crippen LogP contribution in [0.4, 0.5) is 0 Å². The Bertz CT molecular complexity index is 171. The van der Waals surface area contributed by atoms with E-state index in [1.165, 1.54) is 0 Å². The summed E-state index contributed by atoms with van der Waals surface area (Å²) < 4.78 is 0. The predicted molar refractivity (Wildman–Crippen MR) is 39.4 cm³/mol. The second-order valence-electron chi connectivity index (χ2n) is 1.67. The third-order valence-corrected chi connectivity index (χ3v) is 3.00. The van der Waals surface area contributed by atoms with Gasteiger partial charge in [-0.2, -0.15) is 0 Å². The molecule has 0 atom stereocenters. The molecule has 0 radical (unpaired) electrons. The van der Waals surface area contributed by atoms with Gasteiger partial charge in [0.15, 0.2) is 11.2 Å². The molecule has 9 heavy (non-hydrogen) atoms. The first-order valence-corrected chi connectivity index (χ1v) is 4.30. The van der Waals surface area contributed by atoms with Crippen molar-refractivity contribution in [3.05, 3.63) is 23.0 Å². The molecule has 0 aromatic carbocycles. The van der Waals surface area contributed by atoms with Gasteiger partial charge in [0.25, 0.3) is 0 Å². The zero-order valence-corrected chi connectivity index (χ0v) is 5.51. The van der Waals surface area contributed by atoms with E-state index in [2.05, 4.69) is 0 Å². The quantitative estimate of drug-likeness (QED) is 0.543. The second-order valence-corrected chi connectivity index (χ2v) is 4.23. The molecule has 1 rings (SSSR count). The number of carbonyl (C=O) groups excluding carboxylic acids is 2. The Kier molecular flexibility index (Phi) is 1.53. The topological polar surface area (TPSA) is 34.1 Å². The molecule has 0 aromatic heterocycles. The maximum absolute atomic E-state index is 10.3. The fraction of sp³-hybridized carbons (Fsp3) is 0. The molecular formula is C6H6O2S. The van der Waals surface area contributed by atoms with Crippen LogP contribution in [0.25, 0.3) is 0 Å². The molecule has 0 saturated heterocycles. The van der Waals surface area contributed by atoms with Gasteiger partial charge in [-0.15, -0.1) is 0 Å². The summed E-state index contributed by atoms with van der Waals surface area (Å²) in [5, 5.41) is 3.29. The first-order valence-electron chi connectivity index (χ1n) is 2.41. The normalized spacial score (nSPS) is 23.6. The van der Waals surface area contributed by atoms with Gasteiger partial charge in [0, 0.05) is 0 Å². The smallest absolute Gasteiger partial charge is 0.172 e. The maximum atomic E-state index is 10.3. The minimum absolute atomic E-state index is 0.708. The highest BCUT2D eigenvalue weighted by atomic mass is 32.3. The summed E-state index contributed by atoms with van der Waals surface area (Å²) in [6.45, 7) is 0. The molecule has 0 amide bonds. The molecule has 0 fully saturated rings. The molecule has 0 aromatic rings. The van der Waals surface area contributed by atoms with Crippen LogP contribution in [-0.4, -0.2) is 11.2 Å². The zero-order valence-electron chi connectivity index (χ0n) is 4.69. The number of hydrogen-bond acceptors (Lipinski definition) is 2. The lowest BCUT2D eigenvalue weighted by atomic mass is 10.6. The molecule has 0 aliphatic carbocycles. The SMILES string of the molecule is O=CS1(C=O)C=CC=C1. The van der Waals surface area contributed by atoms with Gasteiger partial charge in [0.1, 0.15) is 0 Å². The van der Waals surface area contributed by atoms with E-state index >= 15 is 0 Å². The largest absolute Gasteiger partial charge is 0.291 e. The third-order valence-electron chi connectivity index (χ3n) is 1.07. The van der Waals surface area contributed by atoms with Gasteiger partial charge in [-0.05, 0) is 10.8 Å². The Morgan fingerprint density at radius 1 is 1.00 bits per heavy atom. The monoisotopic (exact) mass is 142 g/mol. The van der Waals surface area contributed by atoms with Gasteiger partial charge in [0.05, 0.1) is 0 Å². The average Bonchev–Trinajstić information content (AvgIpc) is 2.36. The maximum Gasteiger partial charge on any atom is 0.172 e. The van der Waals surface area contributed by atoms with Crippen molar-refractivity contribution in [2.45, 2.75) is 0 Å². The standard InChI is InChI=1S/C6H6O2S/c7-5-9(6-8)3-1-2-4-9/h1-6H. The lowest BCUT2D eigenvalue weighted by molar-refractivity contribution is 0.566. The Hall–Kier alpha value is -0.830. The van der Waals surface area contributed by atoms with Crippen molar-refractivity contribution >= 4 is 21.3 Å². The van der Waals surface area contributed by atoms with E-state index in [1.54, 1.807) is 23.0 Å². The van der Waals surface area contributed by atoms with Crippen LogP contribution in [0.5, 0.6) is 0 Å².